The molecule has 3 nitrogen and oxygen atoms in total. The van der Waals surface area contributed by atoms with Gasteiger partial charge in [-0.2, -0.15) is 10.3 Å². The molecule has 0 fully saturated rings. The van der Waals surface area contributed by atoms with Crippen LogP contribution in [0.1, 0.15) is 5.69 Å². The Morgan fingerprint density at radius 1 is 1.67 bits per heavy atom. The Morgan fingerprint density at radius 2 is 2.44 bits per heavy atom. The summed E-state index contributed by atoms with van der Waals surface area (Å²) in [5.74, 6) is 0. The van der Waals surface area contributed by atoms with Gasteiger partial charge in [-0.05, 0) is 0 Å². The van der Waals surface area contributed by atoms with Gasteiger partial charge in [0.2, 0.25) is 0 Å². The summed E-state index contributed by atoms with van der Waals surface area (Å²) in [4.78, 5) is 0. The summed E-state index contributed by atoms with van der Waals surface area (Å²) in [7, 11) is 0. The van der Waals surface area contributed by atoms with Gasteiger partial charge in [0.25, 0.3) is 0 Å². The van der Waals surface area contributed by atoms with E-state index < -0.39 is 0 Å². The van der Waals surface area contributed by atoms with E-state index in [1.165, 1.54) is 0 Å². The monoisotopic (exact) mass is 143 g/mol. The number of halogens is 1. The van der Waals surface area contributed by atoms with Crippen LogP contribution in [0, 0.1) is 0 Å². The van der Waals surface area contributed by atoms with E-state index in [2.05, 4.69) is 22.0 Å². The summed E-state index contributed by atoms with van der Waals surface area (Å²) in [5, 5.41) is 10.2. The molecule has 0 unspecified atom stereocenters. The molecule has 1 heterocycles. The Morgan fingerprint density at radius 3 is 2.89 bits per heavy atom. The Hall–Kier alpha value is -0.830. The van der Waals surface area contributed by atoms with Crippen molar-refractivity contribution < 1.29 is 0 Å². The highest BCUT2D eigenvalue weighted by Crippen LogP contribution is 2.07. The number of hydrogen-bond acceptors (Lipinski definition) is 2. The molecule has 1 rings (SSSR count). The van der Waals surface area contributed by atoms with Crippen molar-refractivity contribution in [2.24, 2.45) is 0 Å². The van der Waals surface area contributed by atoms with Crippen LogP contribution in [-0.4, -0.2) is 15.4 Å². The number of rotatable bonds is 2. The zero-order valence-electron chi connectivity index (χ0n) is 4.76. The van der Waals surface area contributed by atoms with E-state index in [9.17, 15) is 0 Å². The van der Waals surface area contributed by atoms with Crippen LogP contribution in [0.2, 0.25) is 5.15 Å². The SMILES string of the molecule is C=CCc1n[nH]nc1Cl. The van der Waals surface area contributed by atoms with Gasteiger partial charge < -0.3 is 0 Å². The van der Waals surface area contributed by atoms with Crippen molar-refractivity contribution in [2.75, 3.05) is 0 Å². The maximum atomic E-state index is 5.57. The standard InChI is InChI=1S/C5H6ClN3/c1-2-3-4-5(6)8-9-7-4/h2H,1,3H2,(H,7,8,9). The first-order valence-corrected chi connectivity index (χ1v) is 2.88. The lowest BCUT2D eigenvalue weighted by Crippen LogP contribution is -1.79. The average Bonchev–Trinajstić information content (AvgIpc) is 2.18. The van der Waals surface area contributed by atoms with E-state index in [1.54, 1.807) is 6.08 Å². The van der Waals surface area contributed by atoms with E-state index in [0.29, 0.717) is 11.6 Å². The first-order chi connectivity index (χ1) is 4.34. The summed E-state index contributed by atoms with van der Waals surface area (Å²) in [6.45, 7) is 3.54. The number of aromatic amines is 1. The van der Waals surface area contributed by atoms with Crippen LogP contribution in [0.25, 0.3) is 0 Å². The van der Waals surface area contributed by atoms with Crippen molar-refractivity contribution in [1.29, 1.82) is 0 Å². The van der Waals surface area contributed by atoms with Crippen LogP contribution in [0.5, 0.6) is 0 Å². The van der Waals surface area contributed by atoms with Crippen molar-refractivity contribution in [1.82, 2.24) is 15.4 Å². The van der Waals surface area contributed by atoms with Crippen LogP contribution in [0.15, 0.2) is 12.7 Å². The Labute approximate surface area is 57.7 Å². The molecule has 0 aliphatic rings. The maximum absolute atomic E-state index is 5.57. The molecule has 0 radical (unpaired) electrons. The summed E-state index contributed by atoms with van der Waals surface area (Å²) in [5.41, 5.74) is 0.742. The molecule has 0 aromatic carbocycles. The van der Waals surface area contributed by atoms with E-state index in [1.807, 2.05) is 0 Å². The molecule has 1 aromatic rings. The quantitative estimate of drug-likeness (QED) is 0.632. The molecule has 0 aliphatic heterocycles. The lowest BCUT2D eigenvalue weighted by atomic mass is 10.3. The molecule has 9 heavy (non-hydrogen) atoms. The molecular formula is C5H6ClN3. The second-order valence-corrected chi connectivity index (χ2v) is 1.91. The van der Waals surface area contributed by atoms with Crippen LogP contribution >= 0.6 is 11.6 Å². The largest absolute Gasteiger partial charge is 0.196 e. The van der Waals surface area contributed by atoms with Crippen LogP contribution < -0.4 is 0 Å². The first kappa shape index (κ1) is 6.29. The van der Waals surface area contributed by atoms with Gasteiger partial charge in [-0.3, -0.25) is 0 Å². The number of aromatic nitrogens is 3. The van der Waals surface area contributed by atoms with Gasteiger partial charge in [0.1, 0.15) is 5.69 Å². The third-order valence-corrected chi connectivity index (χ3v) is 1.21. The number of allylic oxidation sites excluding steroid dienone is 1. The van der Waals surface area contributed by atoms with Crippen LogP contribution in [0.4, 0.5) is 0 Å². The number of H-pyrrole nitrogens is 1. The van der Waals surface area contributed by atoms with Gasteiger partial charge in [0.15, 0.2) is 5.15 Å². The zero-order chi connectivity index (χ0) is 6.69. The highest BCUT2D eigenvalue weighted by atomic mass is 35.5. The zero-order valence-corrected chi connectivity index (χ0v) is 5.52. The van der Waals surface area contributed by atoms with Gasteiger partial charge in [0, 0.05) is 6.42 Å². The molecule has 1 aromatic heterocycles. The summed E-state index contributed by atoms with van der Waals surface area (Å²) >= 11 is 5.57. The molecule has 0 saturated heterocycles. The van der Waals surface area contributed by atoms with Gasteiger partial charge >= 0.3 is 0 Å². The Bertz CT molecular complexity index is 206. The van der Waals surface area contributed by atoms with Crippen molar-refractivity contribution in [3.8, 4) is 0 Å². The molecule has 0 amide bonds. The maximum Gasteiger partial charge on any atom is 0.174 e. The molecule has 0 aliphatic carbocycles. The summed E-state index contributed by atoms with van der Waals surface area (Å²) in [6, 6.07) is 0. The van der Waals surface area contributed by atoms with Crippen LogP contribution in [0.3, 0.4) is 0 Å². The van der Waals surface area contributed by atoms with Gasteiger partial charge in [-0.15, -0.1) is 11.7 Å². The Balaban J connectivity index is 2.80. The molecule has 48 valence electrons. The molecule has 0 spiro atoms. The summed E-state index contributed by atoms with van der Waals surface area (Å²) in [6.07, 6.45) is 2.39. The normalized spacial score (nSPS) is 9.44. The molecular weight excluding hydrogens is 138 g/mol. The molecule has 0 bridgehead atoms. The fourth-order valence-electron chi connectivity index (χ4n) is 0.506. The molecule has 0 saturated carbocycles. The Kier molecular flexibility index (Phi) is 1.85. The minimum absolute atomic E-state index is 0.426. The highest BCUT2D eigenvalue weighted by molar-refractivity contribution is 6.29. The fourth-order valence-corrected chi connectivity index (χ4v) is 0.664. The van der Waals surface area contributed by atoms with Gasteiger partial charge in [0.05, 0.1) is 0 Å². The van der Waals surface area contributed by atoms with E-state index >= 15 is 0 Å². The minimum Gasteiger partial charge on any atom is -0.196 e. The fraction of sp³-hybridized carbons (Fsp3) is 0.200. The van der Waals surface area contributed by atoms with Crippen LogP contribution in [-0.2, 0) is 6.42 Å². The molecule has 1 N–H and O–H groups in total. The van der Waals surface area contributed by atoms with Crippen molar-refractivity contribution >= 4 is 11.6 Å². The third kappa shape index (κ3) is 1.29. The molecule has 4 heteroatoms. The third-order valence-electron chi connectivity index (χ3n) is 0.909. The number of nitrogens with zero attached hydrogens (tertiary/aromatic N) is 2. The lowest BCUT2D eigenvalue weighted by Gasteiger charge is -1.82. The summed E-state index contributed by atoms with van der Waals surface area (Å²) < 4.78 is 0. The van der Waals surface area contributed by atoms with Gasteiger partial charge in [-0.25, -0.2) is 0 Å². The van der Waals surface area contributed by atoms with Gasteiger partial charge in [-0.1, -0.05) is 17.7 Å². The van der Waals surface area contributed by atoms with Crippen molar-refractivity contribution in [3.63, 3.8) is 0 Å². The minimum atomic E-state index is 0.426. The first-order valence-electron chi connectivity index (χ1n) is 2.50. The smallest absolute Gasteiger partial charge is 0.174 e. The predicted octanol–water partition coefficient (Wildman–Crippen LogP) is 1.19. The van der Waals surface area contributed by atoms with Crippen molar-refractivity contribution in [3.05, 3.63) is 23.5 Å². The highest BCUT2D eigenvalue weighted by Gasteiger charge is 1.99. The second-order valence-electron chi connectivity index (χ2n) is 1.55. The second kappa shape index (κ2) is 2.64. The van der Waals surface area contributed by atoms with E-state index in [4.69, 9.17) is 11.6 Å². The van der Waals surface area contributed by atoms with E-state index in [0.717, 1.165) is 5.69 Å². The predicted molar refractivity (Wildman–Crippen MR) is 35.3 cm³/mol. The van der Waals surface area contributed by atoms with E-state index in [-0.39, 0.29) is 0 Å². The number of nitrogens with one attached hydrogen (secondary N) is 1. The lowest BCUT2D eigenvalue weighted by molar-refractivity contribution is 0.919. The average molecular weight is 144 g/mol. The number of hydrogen-bond donors (Lipinski definition) is 1. The molecule has 0 atom stereocenters. The topological polar surface area (TPSA) is 41.6 Å². The van der Waals surface area contributed by atoms with Crippen molar-refractivity contribution in [2.45, 2.75) is 6.42 Å².